The van der Waals surface area contributed by atoms with Gasteiger partial charge in [-0.25, -0.2) is 23.1 Å². The Morgan fingerprint density at radius 3 is 2.09 bits per heavy atom. The third-order valence-electron chi connectivity index (χ3n) is 14.4. The van der Waals surface area contributed by atoms with E-state index < -0.39 is 5.92 Å². The number of benzene rings is 1. The van der Waals surface area contributed by atoms with E-state index in [0.717, 1.165) is 145 Å². The number of likely N-dealkylation sites (N-methyl/N-ethyl adjacent to an activating group) is 1. The van der Waals surface area contributed by atoms with Crippen molar-refractivity contribution in [3.63, 3.8) is 0 Å². The van der Waals surface area contributed by atoms with Crippen LogP contribution < -0.4 is 10.6 Å². The monoisotopic (exact) mass is 1160 g/mol. The first-order valence-corrected chi connectivity index (χ1v) is 29.0. The van der Waals surface area contributed by atoms with Gasteiger partial charge in [-0.2, -0.15) is 10.2 Å². The molecule has 0 amide bonds. The Morgan fingerprint density at radius 2 is 1.46 bits per heavy atom. The fourth-order valence-corrected chi connectivity index (χ4v) is 11.0. The number of pyridine rings is 5. The molecule has 10 aromatic heterocycles. The van der Waals surface area contributed by atoms with Gasteiger partial charge in [0.05, 0.1) is 63.8 Å². The number of halogens is 3. The molecule has 434 valence electrons. The van der Waals surface area contributed by atoms with E-state index in [4.69, 9.17) is 9.97 Å². The summed E-state index contributed by atoms with van der Waals surface area (Å²) in [7, 11) is 4.01. The molecule has 0 unspecified atom stereocenters. The van der Waals surface area contributed by atoms with Gasteiger partial charge in [-0.3, -0.25) is 30.0 Å². The van der Waals surface area contributed by atoms with Crippen molar-refractivity contribution in [3.05, 3.63) is 181 Å². The first-order valence-electron chi connectivity index (χ1n) is 28.2. The van der Waals surface area contributed by atoms with Crippen LogP contribution in [0.3, 0.4) is 0 Å². The van der Waals surface area contributed by atoms with Crippen LogP contribution in [-0.2, 0) is 6.54 Å². The normalized spacial score (nSPS) is 13.5. The highest BCUT2D eigenvalue weighted by atomic mass is 32.1. The molecule has 0 saturated carbocycles. The van der Waals surface area contributed by atoms with Crippen LogP contribution in [0, 0.1) is 5.82 Å². The molecule has 15 nitrogen and oxygen atoms in total. The van der Waals surface area contributed by atoms with E-state index in [1.54, 1.807) is 47.1 Å². The highest BCUT2D eigenvalue weighted by Crippen LogP contribution is 2.39. The lowest BCUT2D eigenvalue weighted by molar-refractivity contribution is 0.0115. The molecule has 0 atom stereocenters. The molecular weight excluding hydrogens is 1090 g/mol. The standard InChI is InChI=1S/C34H37FN8.C30H25F2N7S.C2H6/c1-7-21(4)38-25(9-3)15-22(8-2)29-10-11-30-33(40-29)34(42-41-30)31-18-27-28(19-36-20-32(27)39-31)23-14-24(35)17-26(16-23)37-12-13-43(5)6;1-17(2)26-5-6-27(40-26)21-13-34-14-25-20(21)10-24(35-25)29-28-23(37-38-29)4-3-22(36-28)19-9-18(11-33-12-19)15-39-8-7-30(31,32)16-39;1-2/h8-11,14-20,37-39H,3-4,7,12-13H2,1-2,5-6H3,(H,41,42);3-6,9-14,35H,1,7-8,15-16H2,2H3,(H,37,38);1-2H3/b22-8+,25-15+;;. The summed E-state index contributed by atoms with van der Waals surface area (Å²) in [6, 6.07) is 23.1. The number of aromatic amines is 4. The summed E-state index contributed by atoms with van der Waals surface area (Å²) < 4.78 is 42.0. The molecule has 0 aliphatic carbocycles. The van der Waals surface area contributed by atoms with Crippen LogP contribution in [0.5, 0.6) is 0 Å². The van der Waals surface area contributed by atoms with E-state index in [0.29, 0.717) is 31.0 Å². The lowest BCUT2D eigenvalue weighted by Crippen LogP contribution is -2.24. The zero-order chi connectivity index (χ0) is 59.9. The molecule has 1 aromatic carbocycles. The van der Waals surface area contributed by atoms with Gasteiger partial charge in [0.15, 0.2) is 0 Å². The summed E-state index contributed by atoms with van der Waals surface area (Å²) in [6.07, 6.45) is 17.2. The van der Waals surface area contributed by atoms with E-state index in [9.17, 15) is 13.2 Å². The summed E-state index contributed by atoms with van der Waals surface area (Å²) in [5.74, 6) is -2.93. The summed E-state index contributed by atoms with van der Waals surface area (Å²) in [6.45, 7) is 24.2. The van der Waals surface area contributed by atoms with Crippen molar-refractivity contribution in [2.24, 2.45) is 0 Å². The zero-order valence-corrected chi connectivity index (χ0v) is 49.6. The summed E-state index contributed by atoms with van der Waals surface area (Å²) in [4.78, 5) is 36.2. The number of thiophene rings is 1. The molecule has 19 heteroatoms. The van der Waals surface area contributed by atoms with Gasteiger partial charge in [0, 0.05) is 112 Å². The van der Waals surface area contributed by atoms with Crippen molar-refractivity contribution in [1.82, 2.24) is 70.4 Å². The lowest BCUT2D eigenvalue weighted by atomic mass is 10.0. The number of nitrogens with one attached hydrogen (secondary N) is 6. The summed E-state index contributed by atoms with van der Waals surface area (Å²) >= 11 is 1.69. The molecule has 1 saturated heterocycles. The predicted octanol–water partition coefficient (Wildman–Crippen LogP) is 15.5. The van der Waals surface area contributed by atoms with Crippen molar-refractivity contribution >= 4 is 72.0 Å². The molecular formula is C66H68F3N15S. The van der Waals surface area contributed by atoms with Crippen molar-refractivity contribution < 1.29 is 13.2 Å². The third kappa shape index (κ3) is 13.2. The second kappa shape index (κ2) is 25.7. The number of anilines is 1. The first-order chi connectivity index (χ1) is 41.1. The molecule has 0 radical (unpaired) electrons. The molecule has 11 aromatic rings. The highest BCUT2D eigenvalue weighted by molar-refractivity contribution is 7.16. The van der Waals surface area contributed by atoms with E-state index >= 15 is 0 Å². The summed E-state index contributed by atoms with van der Waals surface area (Å²) in [5, 5.41) is 24.0. The van der Waals surface area contributed by atoms with Crippen molar-refractivity contribution in [3.8, 4) is 55.6 Å². The Hall–Kier alpha value is -9.30. The SMILES string of the molecule is C=C(C)c1ccc(-c2cncc3[nH]c(-c4n[nH]c5ccc(-c6cncc(CN7CCC(F)(F)C7)c6)nc45)cc23)s1.C=C/C(=C\C(=C/C)c1ccc2[nH]nc(-c3cc4c(-c5cc(F)cc(NCCN(C)C)c5)cncc4[nH]3)c2n1)NC(=C)CC.CC. The van der Waals surface area contributed by atoms with Gasteiger partial charge in [-0.15, -0.1) is 11.3 Å². The molecule has 85 heavy (non-hydrogen) atoms. The largest absolute Gasteiger partial charge is 0.384 e. The van der Waals surface area contributed by atoms with E-state index in [2.05, 4.69) is 98.8 Å². The number of allylic oxidation sites excluding steroid dienone is 6. The van der Waals surface area contributed by atoms with Crippen LogP contribution in [0.2, 0.25) is 0 Å². The van der Waals surface area contributed by atoms with Crippen molar-refractivity contribution in [1.29, 1.82) is 0 Å². The van der Waals surface area contributed by atoms with Crippen LogP contribution in [0.15, 0.2) is 159 Å². The molecule has 0 bridgehead atoms. The molecule has 1 aliphatic heterocycles. The quantitative estimate of drug-likeness (QED) is 0.0450. The highest BCUT2D eigenvalue weighted by Gasteiger charge is 2.38. The van der Waals surface area contributed by atoms with Gasteiger partial charge in [0.1, 0.15) is 28.2 Å². The van der Waals surface area contributed by atoms with Gasteiger partial charge in [-0.1, -0.05) is 46.6 Å². The maximum absolute atomic E-state index is 14.7. The minimum atomic E-state index is -2.62. The number of hydrogen-bond acceptors (Lipinski definition) is 12. The van der Waals surface area contributed by atoms with E-state index in [1.165, 1.54) is 12.1 Å². The minimum absolute atomic E-state index is 0.101. The molecule has 1 aliphatic rings. The Morgan fingerprint density at radius 1 is 0.788 bits per heavy atom. The number of nitrogens with zero attached hydrogens (tertiary/aromatic N) is 9. The summed E-state index contributed by atoms with van der Waals surface area (Å²) in [5.41, 5.74) is 18.1. The van der Waals surface area contributed by atoms with Gasteiger partial charge in [0.2, 0.25) is 0 Å². The molecule has 1 fully saturated rings. The Kier molecular flexibility index (Phi) is 17.8. The van der Waals surface area contributed by atoms with Crippen LogP contribution in [-0.4, -0.2) is 111 Å². The Bertz CT molecular complexity index is 4310. The molecule has 0 spiro atoms. The van der Waals surface area contributed by atoms with Crippen LogP contribution in [0.25, 0.3) is 111 Å². The van der Waals surface area contributed by atoms with Crippen molar-refractivity contribution in [2.75, 3.05) is 45.6 Å². The average Bonchev–Trinajstić information content (AvgIpc) is 2.28. The average molecular weight is 1160 g/mol. The zero-order valence-electron chi connectivity index (χ0n) is 48.8. The fraction of sp³-hybridized carbons (Fsp3) is 0.227. The first kappa shape index (κ1) is 58.9. The smallest absolute Gasteiger partial charge is 0.261 e. The number of fused-ring (bicyclic) bond motifs is 4. The number of hydrogen-bond donors (Lipinski definition) is 6. The van der Waals surface area contributed by atoms with Gasteiger partial charge in [0.25, 0.3) is 5.92 Å². The maximum atomic E-state index is 14.7. The second-order valence-corrected chi connectivity index (χ2v) is 22.0. The molecule has 12 rings (SSSR count). The Balaban J connectivity index is 0.000000184. The van der Waals surface area contributed by atoms with Crippen molar-refractivity contribution in [2.45, 2.75) is 59.9 Å². The molecule has 6 N–H and O–H groups in total. The maximum Gasteiger partial charge on any atom is 0.261 e. The topological polar surface area (TPSA) is 184 Å². The van der Waals surface area contributed by atoms with Gasteiger partial charge < -0.3 is 25.5 Å². The Labute approximate surface area is 495 Å². The van der Waals surface area contributed by atoms with Gasteiger partial charge >= 0.3 is 0 Å². The number of aromatic nitrogens is 11. The van der Waals surface area contributed by atoms with Crippen LogP contribution >= 0.6 is 11.3 Å². The van der Waals surface area contributed by atoms with E-state index in [1.807, 2.05) is 116 Å². The fourth-order valence-electron chi connectivity index (χ4n) is 10.1. The minimum Gasteiger partial charge on any atom is -0.384 e. The number of rotatable bonds is 18. The number of H-pyrrole nitrogens is 4. The number of likely N-dealkylation sites (tertiary alicyclic amines) is 1. The van der Waals surface area contributed by atoms with Crippen LogP contribution in [0.1, 0.15) is 63.6 Å². The molecule has 11 heterocycles. The lowest BCUT2D eigenvalue weighted by Gasteiger charge is -2.15. The number of alkyl halides is 2. The predicted molar refractivity (Wildman–Crippen MR) is 342 cm³/mol. The van der Waals surface area contributed by atoms with Gasteiger partial charge in [-0.05, 0) is 142 Å². The van der Waals surface area contributed by atoms with Crippen LogP contribution in [0.4, 0.5) is 18.9 Å². The second-order valence-electron chi connectivity index (χ2n) is 20.9. The third-order valence-corrected chi connectivity index (χ3v) is 15.7. The van der Waals surface area contributed by atoms with E-state index in [-0.39, 0.29) is 18.8 Å².